The van der Waals surface area contributed by atoms with E-state index in [0.29, 0.717) is 0 Å². The molecule has 0 aliphatic rings. The highest BCUT2D eigenvalue weighted by Crippen LogP contribution is 2.33. The van der Waals surface area contributed by atoms with E-state index < -0.39 is 27.4 Å². The minimum atomic E-state index is -3.87. The number of hydrogen-bond acceptors (Lipinski definition) is 5. The van der Waals surface area contributed by atoms with Gasteiger partial charge in [0.15, 0.2) is 9.84 Å². The topological polar surface area (TPSA) is 76.1 Å². The van der Waals surface area contributed by atoms with Gasteiger partial charge in [-0.2, -0.15) is 8.78 Å². The molecule has 0 aliphatic carbocycles. The number of hydrogen-bond donors (Lipinski definition) is 1. The quantitative estimate of drug-likeness (QED) is 0.923. The van der Waals surface area contributed by atoms with E-state index in [1.807, 2.05) is 5.32 Å². The molecule has 2 heterocycles. The Labute approximate surface area is 129 Å². The van der Waals surface area contributed by atoms with Crippen LogP contribution in [0.3, 0.4) is 0 Å². The molecular formula is C13H12F2N2O3S2. The zero-order valence-corrected chi connectivity index (χ0v) is 13.3. The van der Waals surface area contributed by atoms with Gasteiger partial charge in [-0.05, 0) is 30.0 Å². The summed E-state index contributed by atoms with van der Waals surface area (Å²) in [6, 6.07) is 4.14. The van der Waals surface area contributed by atoms with Crippen LogP contribution in [0.1, 0.15) is 11.3 Å². The Kier molecular flexibility index (Phi) is 4.30. The van der Waals surface area contributed by atoms with Gasteiger partial charge in [-0.3, -0.25) is 9.78 Å². The lowest BCUT2D eigenvalue weighted by Crippen LogP contribution is -2.33. The highest BCUT2D eigenvalue weighted by molar-refractivity contribution is 7.91. The molecule has 0 fully saturated rings. The van der Waals surface area contributed by atoms with Crippen LogP contribution in [0.2, 0.25) is 0 Å². The fraction of sp³-hybridized carbons (Fsp3) is 0.231. The van der Waals surface area contributed by atoms with Crippen LogP contribution in [0.15, 0.2) is 34.7 Å². The van der Waals surface area contributed by atoms with Crippen molar-refractivity contribution in [3.05, 3.63) is 41.0 Å². The number of halogens is 2. The van der Waals surface area contributed by atoms with E-state index in [-0.39, 0.29) is 15.5 Å². The zero-order valence-electron chi connectivity index (χ0n) is 11.6. The second kappa shape index (κ2) is 5.73. The third kappa shape index (κ3) is 3.14. The van der Waals surface area contributed by atoms with E-state index in [9.17, 15) is 22.0 Å². The molecule has 1 amide bonds. The van der Waals surface area contributed by atoms with Crippen molar-refractivity contribution in [2.75, 3.05) is 11.6 Å². The lowest BCUT2D eigenvalue weighted by atomic mass is 10.1. The van der Waals surface area contributed by atoms with Crippen LogP contribution >= 0.6 is 11.3 Å². The van der Waals surface area contributed by atoms with Crippen LogP contribution in [0.5, 0.6) is 0 Å². The van der Waals surface area contributed by atoms with Crippen molar-refractivity contribution >= 4 is 32.1 Å². The number of rotatable bonds is 4. The van der Waals surface area contributed by atoms with Crippen molar-refractivity contribution < 1.29 is 22.0 Å². The predicted octanol–water partition coefficient (Wildman–Crippen LogP) is 2.59. The molecule has 0 radical (unpaired) electrons. The van der Waals surface area contributed by atoms with Gasteiger partial charge in [-0.1, -0.05) is 6.07 Å². The van der Waals surface area contributed by atoms with Crippen molar-refractivity contribution in [3.63, 3.8) is 0 Å². The highest BCUT2D eigenvalue weighted by Gasteiger charge is 2.44. The summed E-state index contributed by atoms with van der Waals surface area (Å²) in [6.07, 6.45) is 2.10. The fourth-order valence-electron chi connectivity index (χ4n) is 1.78. The normalized spacial score (nSPS) is 12.2. The maximum Gasteiger partial charge on any atom is 0.366 e. The number of carbonyl (C=O) groups is 1. The number of nitrogens with zero attached hydrogens (tertiary/aromatic N) is 1. The Morgan fingerprint density at radius 2 is 2.05 bits per heavy atom. The molecule has 2 rings (SSSR count). The number of pyridine rings is 1. The first-order valence-electron chi connectivity index (χ1n) is 6.03. The Morgan fingerprint density at radius 3 is 2.64 bits per heavy atom. The lowest BCUT2D eigenvalue weighted by molar-refractivity contribution is -0.141. The molecule has 118 valence electrons. The van der Waals surface area contributed by atoms with E-state index in [4.69, 9.17) is 0 Å². The third-order valence-electron chi connectivity index (χ3n) is 2.85. The molecule has 0 bridgehead atoms. The van der Waals surface area contributed by atoms with E-state index in [2.05, 4.69) is 4.98 Å². The minimum absolute atomic E-state index is 0.138. The number of anilines is 1. The highest BCUT2D eigenvalue weighted by atomic mass is 32.2. The largest absolute Gasteiger partial charge is 0.366 e. The second-order valence-corrected chi connectivity index (χ2v) is 7.48. The van der Waals surface area contributed by atoms with Gasteiger partial charge in [0.05, 0.1) is 0 Å². The Balaban J connectivity index is 2.34. The molecule has 0 aromatic carbocycles. The molecule has 0 aliphatic heterocycles. The number of amides is 1. The molecular weight excluding hydrogens is 334 g/mol. The van der Waals surface area contributed by atoms with Gasteiger partial charge in [0.2, 0.25) is 0 Å². The molecule has 2 aromatic heterocycles. The van der Waals surface area contributed by atoms with Gasteiger partial charge in [0.25, 0.3) is 0 Å². The van der Waals surface area contributed by atoms with E-state index in [1.165, 1.54) is 30.5 Å². The van der Waals surface area contributed by atoms with Crippen LogP contribution in [0.25, 0.3) is 0 Å². The Hall–Kier alpha value is -1.87. The standard InChI is InChI=1S/C13H12F2N2O3S2/c1-8-4-3-6-16-10(8)13(14,15)12(18)17-11-9(5-7-21-11)22(2,19)20/h3-7H,1-2H3,(H,17,18). The lowest BCUT2D eigenvalue weighted by Gasteiger charge is -2.17. The summed E-state index contributed by atoms with van der Waals surface area (Å²) in [5.41, 5.74) is -0.498. The van der Waals surface area contributed by atoms with E-state index in [0.717, 1.165) is 23.8 Å². The molecule has 0 spiro atoms. The van der Waals surface area contributed by atoms with Crippen molar-refractivity contribution in [1.29, 1.82) is 0 Å². The average Bonchev–Trinajstić information content (AvgIpc) is 2.87. The predicted molar refractivity (Wildman–Crippen MR) is 78.9 cm³/mol. The van der Waals surface area contributed by atoms with Crippen LogP contribution < -0.4 is 5.32 Å². The maximum atomic E-state index is 14.2. The van der Waals surface area contributed by atoms with Crippen molar-refractivity contribution in [3.8, 4) is 0 Å². The van der Waals surface area contributed by atoms with Crippen LogP contribution in [-0.4, -0.2) is 25.6 Å². The molecule has 9 heteroatoms. The van der Waals surface area contributed by atoms with Gasteiger partial charge in [-0.25, -0.2) is 8.42 Å². The molecule has 2 aromatic rings. The Bertz CT molecular complexity index is 816. The van der Waals surface area contributed by atoms with E-state index in [1.54, 1.807) is 0 Å². The van der Waals surface area contributed by atoms with Crippen molar-refractivity contribution in [2.45, 2.75) is 17.7 Å². The van der Waals surface area contributed by atoms with Crippen molar-refractivity contribution in [2.24, 2.45) is 0 Å². The summed E-state index contributed by atoms with van der Waals surface area (Å²) in [5.74, 6) is -5.49. The summed E-state index contributed by atoms with van der Waals surface area (Å²) in [4.78, 5) is 15.2. The first-order valence-corrected chi connectivity index (χ1v) is 8.80. The SMILES string of the molecule is Cc1cccnc1C(F)(F)C(=O)Nc1sccc1S(C)(=O)=O. The monoisotopic (exact) mass is 346 g/mol. The number of sulfone groups is 1. The number of thiophene rings is 1. The number of alkyl halides is 2. The number of aromatic nitrogens is 1. The van der Waals surface area contributed by atoms with Gasteiger partial charge < -0.3 is 5.32 Å². The zero-order chi connectivity index (χ0) is 16.5. The average molecular weight is 346 g/mol. The van der Waals surface area contributed by atoms with Crippen molar-refractivity contribution in [1.82, 2.24) is 4.98 Å². The third-order valence-corrected chi connectivity index (χ3v) is 4.95. The number of nitrogens with one attached hydrogen (secondary N) is 1. The number of aryl methyl sites for hydroxylation is 1. The minimum Gasteiger partial charge on any atom is -0.311 e. The van der Waals surface area contributed by atoms with Gasteiger partial charge in [0, 0.05) is 12.5 Å². The van der Waals surface area contributed by atoms with Crippen LogP contribution in [0, 0.1) is 6.92 Å². The smallest absolute Gasteiger partial charge is 0.311 e. The Morgan fingerprint density at radius 1 is 1.36 bits per heavy atom. The molecule has 1 N–H and O–H groups in total. The second-order valence-electron chi connectivity index (χ2n) is 4.58. The first kappa shape index (κ1) is 16.5. The summed E-state index contributed by atoms with van der Waals surface area (Å²) in [7, 11) is -3.62. The summed E-state index contributed by atoms with van der Waals surface area (Å²) >= 11 is 0.855. The summed E-state index contributed by atoms with van der Waals surface area (Å²) < 4.78 is 51.5. The van der Waals surface area contributed by atoms with E-state index >= 15 is 0 Å². The van der Waals surface area contributed by atoms with Crippen LogP contribution in [-0.2, 0) is 20.6 Å². The molecule has 22 heavy (non-hydrogen) atoms. The fourth-order valence-corrected chi connectivity index (χ4v) is 3.85. The first-order chi connectivity index (χ1) is 10.1. The molecule has 0 saturated heterocycles. The molecule has 0 unspecified atom stereocenters. The van der Waals surface area contributed by atoms with Gasteiger partial charge in [0.1, 0.15) is 15.6 Å². The molecule has 0 atom stereocenters. The number of carbonyl (C=O) groups excluding carboxylic acids is 1. The summed E-state index contributed by atoms with van der Waals surface area (Å²) in [5, 5.41) is 3.23. The maximum absolute atomic E-state index is 14.2. The van der Waals surface area contributed by atoms with Gasteiger partial charge in [-0.15, -0.1) is 11.3 Å². The van der Waals surface area contributed by atoms with Gasteiger partial charge >= 0.3 is 11.8 Å². The summed E-state index contributed by atoms with van der Waals surface area (Å²) in [6.45, 7) is 1.41. The molecule has 0 saturated carbocycles. The van der Waals surface area contributed by atoms with Crippen LogP contribution in [0.4, 0.5) is 13.8 Å². The molecule has 5 nitrogen and oxygen atoms in total.